The van der Waals surface area contributed by atoms with E-state index in [-0.39, 0.29) is 11.9 Å². The number of rotatable bonds is 3. The van der Waals surface area contributed by atoms with Gasteiger partial charge in [0, 0.05) is 31.2 Å². The van der Waals surface area contributed by atoms with Gasteiger partial charge in [0.25, 0.3) is 0 Å². The lowest BCUT2D eigenvalue weighted by atomic mass is 10.0. The monoisotopic (exact) mass is 380 g/mol. The fraction of sp³-hybridized carbons (Fsp3) is 0.476. The van der Waals surface area contributed by atoms with Gasteiger partial charge in [-0.2, -0.15) is 0 Å². The zero-order valence-electron chi connectivity index (χ0n) is 16.2. The standard InChI is InChI=1S/C21H24N4O3/c1-12-20(13(2)28-24-12)14-3-5-18-17(11-14)23-21(16-4-6-19(26)22-16)25(18)15-7-9-27-10-8-15/h3,5,11,15-16H,4,6-10H2,1-2H3,(H,22,26)/t16-/m0/s1. The van der Waals surface area contributed by atoms with Gasteiger partial charge in [-0.1, -0.05) is 11.2 Å². The van der Waals surface area contributed by atoms with Crippen LogP contribution in [0.25, 0.3) is 22.2 Å². The van der Waals surface area contributed by atoms with Gasteiger partial charge in [-0.25, -0.2) is 4.98 Å². The molecule has 28 heavy (non-hydrogen) atoms. The van der Waals surface area contributed by atoms with Crippen LogP contribution < -0.4 is 5.32 Å². The number of amides is 1. The lowest BCUT2D eigenvalue weighted by Gasteiger charge is -2.27. The molecule has 0 radical (unpaired) electrons. The van der Waals surface area contributed by atoms with Gasteiger partial charge in [-0.15, -0.1) is 0 Å². The molecule has 0 unspecified atom stereocenters. The number of imidazole rings is 1. The van der Waals surface area contributed by atoms with Crippen LogP contribution in [0.4, 0.5) is 0 Å². The van der Waals surface area contributed by atoms with E-state index in [1.807, 2.05) is 13.8 Å². The Hall–Kier alpha value is -2.67. The Labute approximate surface area is 163 Å². The third-order valence-electron chi connectivity index (χ3n) is 5.90. The minimum absolute atomic E-state index is 0.0229. The summed E-state index contributed by atoms with van der Waals surface area (Å²) in [4.78, 5) is 16.8. The molecule has 146 valence electrons. The van der Waals surface area contributed by atoms with Gasteiger partial charge in [0.05, 0.1) is 22.8 Å². The molecule has 0 saturated carbocycles. The minimum Gasteiger partial charge on any atom is -0.381 e. The van der Waals surface area contributed by atoms with Crippen LogP contribution in [0, 0.1) is 13.8 Å². The van der Waals surface area contributed by atoms with Crippen molar-refractivity contribution >= 4 is 16.9 Å². The molecule has 2 aliphatic heterocycles. The van der Waals surface area contributed by atoms with Crippen molar-refractivity contribution in [2.45, 2.75) is 51.6 Å². The summed E-state index contributed by atoms with van der Waals surface area (Å²) in [5.74, 6) is 1.87. The third-order valence-corrected chi connectivity index (χ3v) is 5.90. The van der Waals surface area contributed by atoms with Crippen molar-refractivity contribution < 1.29 is 14.1 Å². The number of hydrogen-bond acceptors (Lipinski definition) is 5. The highest BCUT2D eigenvalue weighted by atomic mass is 16.5. The van der Waals surface area contributed by atoms with E-state index in [4.69, 9.17) is 14.2 Å². The number of nitrogens with zero attached hydrogens (tertiary/aromatic N) is 3. The van der Waals surface area contributed by atoms with Crippen LogP contribution in [0.1, 0.15) is 55.0 Å². The molecule has 2 aromatic heterocycles. The number of nitrogens with one attached hydrogen (secondary N) is 1. The molecule has 0 aliphatic carbocycles. The number of benzene rings is 1. The SMILES string of the molecule is Cc1noc(C)c1-c1ccc2c(c1)nc([C@@H]1CCC(=O)N1)n2C1CCOCC1. The molecule has 0 spiro atoms. The summed E-state index contributed by atoms with van der Waals surface area (Å²) >= 11 is 0. The van der Waals surface area contributed by atoms with Crippen LogP contribution in [0.3, 0.4) is 0 Å². The predicted octanol–water partition coefficient (Wildman–Crippen LogP) is 3.61. The van der Waals surface area contributed by atoms with Crippen molar-refractivity contribution in [2.24, 2.45) is 0 Å². The molecule has 7 nitrogen and oxygen atoms in total. The van der Waals surface area contributed by atoms with Gasteiger partial charge in [0.15, 0.2) is 0 Å². The van der Waals surface area contributed by atoms with Crippen molar-refractivity contribution in [3.05, 3.63) is 35.5 Å². The van der Waals surface area contributed by atoms with Crippen molar-refractivity contribution in [1.82, 2.24) is 20.0 Å². The molecule has 2 aliphatic rings. The molecule has 2 saturated heterocycles. The van der Waals surface area contributed by atoms with E-state index in [9.17, 15) is 4.79 Å². The second kappa shape index (κ2) is 6.74. The van der Waals surface area contributed by atoms with Crippen molar-refractivity contribution in [2.75, 3.05) is 13.2 Å². The Morgan fingerprint density at radius 1 is 1.18 bits per heavy atom. The molecule has 4 heterocycles. The number of hydrogen-bond donors (Lipinski definition) is 1. The van der Waals surface area contributed by atoms with Crippen LogP contribution in [-0.2, 0) is 9.53 Å². The van der Waals surface area contributed by atoms with Crippen LogP contribution in [0.2, 0.25) is 0 Å². The molecule has 7 heteroatoms. The Morgan fingerprint density at radius 2 is 2.00 bits per heavy atom. The highest BCUT2D eigenvalue weighted by molar-refractivity contribution is 5.84. The van der Waals surface area contributed by atoms with Gasteiger partial charge in [0.2, 0.25) is 5.91 Å². The van der Waals surface area contributed by atoms with E-state index in [0.29, 0.717) is 12.5 Å². The fourth-order valence-corrected chi connectivity index (χ4v) is 4.55. The van der Waals surface area contributed by atoms with Crippen molar-refractivity contribution in [3.8, 4) is 11.1 Å². The largest absolute Gasteiger partial charge is 0.381 e. The number of aryl methyl sites for hydroxylation is 2. The molecule has 2 fully saturated rings. The van der Waals surface area contributed by atoms with Gasteiger partial charge in [0.1, 0.15) is 11.6 Å². The first-order valence-corrected chi connectivity index (χ1v) is 9.94. The Morgan fingerprint density at radius 3 is 2.68 bits per heavy atom. The number of carbonyl (C=O) groups is 1. The molecular weight excluding hydrogens is 356 g/mol. The summed E-state index contributed by atoms with van der Waals surface area (Å²) in [5, 5.41) is 7.17. The quantitative estimate of drug-likeness (QED) is 0.751. The number of ether oxygens (including phenoxy) is 1. The average Bonchev–Trinajstić information content (AvgIpc) is 3.38. The fourth-order valence-electron chi connectivity index (χ4n) is 4.55. The third kappa shape index (κ3) is 2.81. The van der Waals surface area contributed by atoms with Crippen molar-refractivity contribution in [1.29, 1.82) is 0 Å². The molecule has 3 aromatic rings. The second-order valence-corrected chi connectivity index (χ2v) is 7.74. The summed E-state index contributed by atoms with van der Waals surface area (Å²) in [6, 6.07) is 6.68. The van der Waals surface area contributed by atoms with Crippen LogP contribution >= 0.6 is 0 Å². The Kier molecular flexibility index (Phi) is 4.19. The first-order valence-electron chi connectivity index (χ1n) is 9.94. The van der Waals surface area contributed by atoms with Crippen LogP contribution in [0.15, 0.2) is 22.7 Å². The predicted molar refractivity (Wildman–Crippen MR) is 104 cm³/mol. The molecule has 1 aromatic carbocycles. The van der Waals surface area contributed by atoms with E-state index >= 15 is 0 Å². The Bertz CT molecular complexity index is 1030. The number of aromatic nitrogens is 3. The van der Waals surface area contributed by atoms with E-state index < -0.39 is 0 Å². The molecule has 5 rings (SSSR count). The smallest absolute Gasteiger partial charge is 0.220 e. The molecule has 1 atom stereocenters. The number of fused-ring (bicyclic) bond motifs is 1. The highest BCUT2D eigenvalue weighted by Gasteiger charge is 2.30. The van der Waals surface area contributed by atoms with Crippen LogP contribution in [0.5, 0.6) is 0 Å². The van der Waals surface area contributed by atoms with E-state index in [2.05, 4.69) is 33.2 Å². The van der Waals surface area contributed by atoms with Crippen molar-refractivity contribution in [3.63, 3.8) is 0 Å². The Balaban J connectivity index is 1.65. The maximum absolute atomic E-state index is 11.8. The summed E-state index contributed by atoms with van der Waals surface area (Å²) in [6.45, 7) is 5.41. The maximum atomic E-state index is 11.8. The zero-order chi connectivity index (χ0) is 19.3. The molecule has 1 amide bonds. The van der Waals surface area contributed by atoms with Gasteiger partial charge < -0.3 is 19.1 Å². The average molecular weight is 380 g/mol. The summed E-state index contributed by atoms with van der Waals surface area (Å²) in [5.41, 5.74) is 5.02. The summed E-state index contributed by atoms with van der Waals surface area (Å²) in [7, 11) is 0. The molecule has 0 bridgehead atoms. The summed E-state index contributed by atoms with van der Waals surface area (Å²) < 4.78 is 13.2. The second-order valence-electron chi connectivity index (χ2n) is 7.74. The first-order chi connectivity index (χ1) is 13.6. The lowest BCUT2D eigenvalue weighted by Crippen LogP contribution is -2.26. The molecular formula is C21H24N4O3. The minimum atomic E-state index is -0.0229. The van der Waals surface area contributed by atoms with Gasteiger partial charge in [-0.05, 0) is 50.8 Å². The normalized spacial score (nSPS) is 20.8. The topological polar surface area (TPSA) is 82.2 Å². The van der Waals surface area contributed by atoms with E-state index in [1.165, 1.54) is 0 Å². The number of carbonyl (C=O) groups excluding carboxylic acids is 1. The van der Waals surface area contributed by atoms with Crippen LogP contribution in [-0.4, -0.2) is 33.8 Å². The highest BCUT2D eigenvalue weighted by Crippen LogP contribution is 2.36. The maximum Gasteiger partial charge on any atom is 0.220 e. The van der Waals surface area contributed by atoms with E-state index in [0.717, 1.165) is 71.9 Å². The summed E-state index contributed by atoms with van der Waals surface area (Å²) in [6.07, 6.45) is 3.28. The van der Waals surface area contributed by atoms with Gasteiger partial charge >= 0.3 is 0 Å². The first kappa shape index (κ1) is 17.4. The molecule has 1 N–H and O–H groups in total. The van der Waals surface area contributed by atoms with Gasteiger partial charge in [-0.3, -0.25) is 4.79 Å². The van der Waals surface area contributed by atoms with E-state index in [1.54, 1.807) is 0 Å². The lowest BCUT2D eigenvalue weighted by molar-refractivity contribution is -0.119. The zero-order valence-corrected chi connectivity index (χ0v) is 16.2.